The van der Waals surface area contributed by atoms with E-state index in [1.807, 2.05) is 12.1 Å². The zero-order valence-corrected chi connectivity index (χ0v) is 9.09. The summed E-state index contributed by atoms with van der Waals surface area (Å²) in [6, 6.07) is 4.22. The highest BCUT2D eigenvalue weighted by Gasteiger charge is 1.98. The number of hydrogen-bond acceptors (Lipinski definition) is 2. The highest BCUT2D eigenvalue weighted by atomic mass is 35.5. The topological polar surface area (TPSA) is 24.9 Å². The summed E-state index contributed by atoms with van der Waals surface area (Å²) in [5.41, 5.74) is 1.14. The number of aromatic nitrogens is 1. The van der Waals surface area contributed by atoms with Gasteiger partial charge in [0.1, 0.15) is 5.15 Å². The van der Waals surface area contributed by atoms with Gasteiger partial charge in [-0.1, -0.05) is 23.7 Å². The molecule has 1 rings (SSSR count). The maximum absolute atomic E-state index is 5.68. The van der Waals surface area contributed by atoms with Gasteiger partial charge in [0.15, 0.2) is 0 Å². The molecule has 1 aromatic heterocycles. The lowest BCUT2D eigenvalue weighted by molar-refractivity contribution is 0.553. The second kappa shape index (κ2) is 5.78. The Morgan fingerprint density at radius 1 is 1.64 bits per heavy atom. The van der Waals surface area contributed by atoms with E-state index in [1.54, 1.807) is 12.3 Å². The first-order valence-electron chi connectivity index (χ1n) is 4.67. The molecule has 0 fully saturated rings. The van der Waals surface area contributed by atoms with Crippen LogP contribution in [-0.4, -0.2) is 11.0 Å². The Kier molecular flexibility index (Phi) is 4.63. The minimum atomic E-state index is 0.447. The van der Waals surface area contributed by atoms with Crippen LogP contribution in [0, 0.1) is 0 Å². The number of nitrogens with zero attached hydrogens (tertiary/aromatic N) is 1. The van der Waals surface area contributed by atoms with Crippen LogP contribution >= 0.6 is 11.6 Å². The number of rotatable bonds is 5. The molecule has 0 saturated carbocycles. The molecule has 1 atom stereocenters. The molecule has 0 radical (unpaired) electrons. The molecule has 0 bridgehead atoms. The van der Waals surface area contributed by atoms with E-state index in [1.165, 1.54) is 0 Å². The molecule has 1 N–H and O–H groups in total. The van der Waals surface area contributed by atoms with Crippen LogP contribution in [0.4, 0.5) is 0 Å². The third kappa shape index (κ3) is 3.90. The van der Waals surface area contributed by atoms with Crippen molar-refractivity contribution in [2.45, 2.75) is 25.9 Å². The molecule has 3 heteroatoms. The van der Waals surface area contributed by atoms with Gasteiger partial charge in [-0.3, -0.25) is 0 Å². The predicted molar refractivity (Wildman–Crippen MR) is 60.4 cm³/mol. The van der Waals surface area contributed by atoms with Crippen LogP contribution in [0.5, 0.6) is 0 Å². The average molecular weight is 211 g/mol. The summed E-state index contributed by atoms with van der Waals surface area (Å²) in [6.07, 6.45) is 4.68. The smallest absolute Gasteiger partial charge is 0.129 e. The maximum Gasteiger partial charge on any atom is 0.129 e. The van der Waals surface area contributed by atoms with Crippen molar-refractivity contribution in [3.63, 3.8) is 0 Å². The monoisotopic (exact) mass is 210 g/mol. The van der Waals surface area contributed by atoms with Crippen LogP contribution < -0.4 is 5.32 Å². The quantitative estimate of drug-likeness (QED) is 0.597. The Hall–Kier alpha value is -0.860. The van der Waals surface area contributed by atoms with Crippen molar-refractivity contribution in [2.24, 2.45) is 0 Å². The van der Waals surface area contributed by atoms with E-state index in [4.69, 9.17) is 11.6 Å². The normalized spacial score (nSPS) is 12.4. The lowest BCUT2D eigenvalue weighted by atomic mass is 10.2. The highest BCUT2D eigenvalue weighted by molar-refractivity contribution is 6.29. The SMILES string of the molecule is C=CCC(C)NCc1ccc(Cl)nc1. The highest BCUT2D eigenvalue weighted by Crippen LogP contribution is 2.05. The molecule has 0 saturated heterocycles. The molecule has 1 aromatic rings. The molecular weight excluding hydrogens is 196 g/mol. The third-order valence-electron chi connectivity index (χ3n) is 1.96. The second-order valence-electron chi connectivity index (χ2n) is 3.30. The van der Waals surface area contributed by atoms with Gasteiger partial charge in [-0.2, -0.15) is 0 Å². The fourth-order valence-corrected chi connectivity index (χ4v) is 1.25. The molecule has 0 aromatic carbocycles. The summed E-state index contributed by atoms with van der Waals surface area (Å²) < 4.78 is 0. The zero-order valence-electron chi connectivity index (χ0n) is 8.33. The van der Waals surface area contributed by atoms with E-state index in [0.29, 0.717) is 11.2 Å². The molecular formula is C11H15ClN2. The molecule has 14 heavy (non-hydrogen) atoms. The fourth-order valence-electron chi connectivity index (χ4n) is 1.14. The minimum absolute atomic E-state index is 0.447. The molecule has 2 nitrogen and oxygen atoms in total. The largest absolute Gasteiger partial charge is 0.310 e. The number of pyridine rings is 1. The van der Waals surface area contributed by atoms with Crippen molar-refractivity contribution < 1.29 is 0 Å². The van der Waals surface area contributed by atoms with Crippen LogP contribution in [0.25, 0.3) is 0 Å². The Bertz CT molecular complexity index is 282. The van der Waals surface area contributed by atoms with Crippen molar-refractivity contribution >= 4 is 11.6 Å². The summed E-state index contributed by atoms with van der Waals surface area (Å²) in [4.78, 5) is 4.01. The van der Waals surface area contributed by atoms with E-state index in [0.717, 1.165) is 18.5 Å². The van der Waals surface area contributed by atoms with Crippen LogP contribution in [-0.2, 0) is 6.54 Å². The van der Waals surface area contributed by atoms with Crippen LogP contribution in [0.1, 0.15) is 18.9 Å². The first-order chi connectivity index (χ1) is 6.72. The molecule has 1 unspecified atom stereocenters. The van der Waals surface area contributed by atoms with Gasteiger partial charge in [0.25, 0.3) is 0 Å². The Balaban J connectivity index is 2.37. The van der Waals surface area contributed by atoms with Gasteiger partial charge in [-0.25, -0.2) is 4.98 Å². The first kappa shape index (κ1) is 11.2. The van der Waals surface area contributed by atoms with E-state index < -0.39 is 0 Å². The lowest BCUT2D eigenvalue weighted by Gasteiger charge is -2.10. The van der Waals surface area contributed by atoms with Crippen molar-refractivity contribution in [2.75, 3.05) is 0 Å². The van der Waals surface area contributed by atoms with E-state index >= 15 is 0 Å². The molecule has 0 aliphatic heterocycles. The van der Waals surface area contributed by atoms with Gasteiger partial charge in [0.2, 0.25) is 0 Å². The van der Waals surface area contributed by atoms with Gasteiger partial charge < -0.3 is 5.32 Å². The zero-order chi connectivity index (χ0) is 10.4. The second-order valence-corrected chi connectivity index (χ2v) is 3.68. The molecule has 0 amide bonds. The van der Waals surface area contributed by atoms with Crippen molar-refractivity contribution in [1.29, 1.82) is 0 Å². The molecule has 1 heterocycles. The first-order valence-corrected chi connectivity index (χ1v) is 5.05. The van der Waals surface area contributed by atoms with E-state index in [2.05, 4.69) is 23.8 Å². The predicted octanol–water partition coefficient (Wildman–Crippen LogP) is 2.79. The summed E-state index contributed by atoms with van der Waals surface area (Å²) in [6.45, 7) is 6.65. The number of hydrogen-bond donors (Lipinski definition) is 1. The van der Waals surface area contributed by atoms with Gasteiger partial charge in [-0.05, 0) is 25.0 Å². The minimum Gasteiger partial charge on any atom is -0.310 e. The third-order valence-corrected chi connectivity index (χ3v) is 2.19. The van der Waals surface area contributed by atoms with Gasteiger partial charge in [0, 0.05) is 18.8 Å². The number of halogens is 1. The Labute approximate surface area is 90.0 Å². The molecule has 0 spiro atoms. The van der Waals surface area contributed by atoms with Crippen LogP contribution in [0.2, 0.25) is 5.15 Å². The van der Waals surface area contributed by atoms with Gasteiger partial charge in [-0.15, -0.1) is 6.58 Å². The number of nitrogens with one attached hydrogen (secondary N) is 1. The summed E-state index contributed by atoms with van der Waals surface area (Å²) in [5, 5.41) is 3.90. The summed E-state index contributed by atoms with van der Waals surface area (Å²) in [7, 11) is 0. The van der Waals surface area contributed by atoms with Crippen molar-refractivity contribution in [1.82, 2.24) is 10.3 Å². The maximum atomic E-state index is 5.68. The van der Waals surface area contributed by atoms with Crippen molar-refractivity contribution in [3.05, 3.63) is 41.7 Å². The van der Waals surface area contributed by atoms with E-state index in [9.17, 15) is 0 Å². The average Bonchev–Trinajstić information content (AvgIpc) is 2.17. The standard InChI is InChI=1S/C11H15ClN2/c1-3-4-9(2)13-7-10-5-6-11(12)14-8-10/h3,5-6,8-9,13H,1,4,7H2,2H3. The van der Waals surface area contributed by atoms with Gasteiger partial charge in [0.05, 0.1) is 0 Å². The van der Waals surface area contributed by atoms with Crippen molar-refractivity contribution in [3.8, 4) is 0 Å². The molecule has 0 aliphatic carbocycles. The van der Waals surface area contributed by atoms with Gasteiger partial charge >= 0.3 is 0 Å². The molecule has 76 valence electrons. The summed E-state index contributed by atoms with van der Waals surface area (Å²) >= 11 is 5.68. The van der Waals surface area contributed by atoms with Crippen LogP contribution in [0.15, 0.2) is 31.0 Å². The lowest BCUT2D eigenvalue weighted by Crippen LogP contribution is -2.24. The molecule has 0 aliphatic rings. The fraction of sp³-hybridized carbons (Fsp3) is 0.364. The van der Waals surface area contributed by atoms with Crippen LogP contribution in [0.3, 0.4) is 0 Å². The summed E-state index contributed by atoms with van der Waals surface area (Å²) in [5.74, 6) is 0. The Morgan fingerprint density at radius 3 is 3.00 bits per heavy atom. The Morgan fingerprint density at radius 2 is 2.43 bits per heavy atom. The van der Waals surface area contributed by atoms with E-state index in [-0.39, 0.29) is 0 Å².